The fourth-order valence-electron chi connectivity index (χ4n) is 1.91. The van der Waals surface area contributed by atoms with Crippen LogP contribution in [0.4, 0.5) is 15.8 Å². The molecule has 0 saturated heterocycles. The second-order valence-corrected chi connectivity index (χ2v) is 5.52. The zero-order valence-corrected chi connectivity index (χ0v) is 12.7. The van der Waals surface area contributed by atoms with Crippen molar-refractivity contribution in [3.8, 4) is 0 Å². The first kappa shape index (κ1) is 14.5. The molecule has 1 amide bonds. The van der Waals surface area contributed by atoms with Gasteiger partial charge in [-0.25, -0.2) is 4.39 Å². The summed E-state index contributed by atoms with van der Waals surface area (Å²) in [5.74, 6) is -0.647. The molecule has 2 aromatic carbocycles. The van der Waals surface area contributed by atoms with Crippen LogP contribution >= 0.6 is 15.9 Å². The van der Waals surface area contributed by atoms with Crippen molar-refractivity contribution in [3.63, 3.8) is 0 Å². The minimum absolute atomic E-state index is 0.315. The van der Waals surface area contributed by atoms with Crippen LogP contribution < -0.4 is 11.1 Å². The summed E-state index contributed by atoms with van der Waals surface area (Å²) in [5.41, 5.74) is 8.62. The molecule has 0 aliphatic rings. The first-order valence-electron chi connectivity index (χ1n) is 6.01. The second-order valence-electron chi connectivity index (χ2n) is 4.61. The Hall–Kier alpha value is -1.88. The molecule has 0 unspecified atom stereocenters. The van der Waals surface area contributed by atoms with Crippen LogP contribution in [0.25, 0.3) is 0 Å². The van der Waals surface area contributed by atoms with Crippen molar-refractivity contribution in [2.24, 2.45) is 0 Å². The fourth-order valence-corrected chi connectivity index (χ4v) is 2.50. The Morgan fingerprint density at radius 3 is 2.50 bits per heavy atom. The first-order valence-corrected chi connectivity index (χ1v) is 6.81. The Kier molecular flexibility index (Phi) is 4.09. The molecule has 0 spiro atoms. The van der Waals surface area contributed by atoms with Crippen LogP contribution in [0.2, 0.25) is 0 Å². The van der Waals surface area contributed by atoms with Gasteiger partial charge in [-0.05, 0) is 55.3 Å². The van der Waals surface area contributed by atoms with Crippen molar-refractivity contribution in [1.82, 2.24) is 0 Å². The summed E-state index contributed by atoms with van der Waals surface area (Å²) in [4.78, 5) is 12.2. The number of nitrogens with two attached hydrogens (primary N) is 1. The summed E-state index contributed by atoms with van der Waals surface area (Å²) < 4.78 is 14.1. The second kappa shape index (κ2) is 5.63. The molecule has 0 aliphatic carbocycles. The van der Waals surface area contributed by atoms with Crippen molar-refractivity contribution in [1.29, 1.82) is 0 Å². The third-order valence-corrected chi connectivity index (χ3v) is 3.45. The van der Waals surface area contributed by atoms with E-state index in [2.05, 4.69) is 21.2 Å². The van der Waals surface area contributed by atoms with E-state index in [4.69, 9.17) is 5.73 Å². The summed E-state index contributed by atoms with van der Waals surface area (Å²) in [5, 5.41) is 2.76. The molecule has 0 aromatic heterocycles. The summed E-state index contributed by atoms with van der Waals surface area (Å²) in [6.45, 7) is 3.47. The predicted octanol–water partition coefficient (Wildman–Crippen LogP) is 4.04. The van der Waals surface area contributed by atoms with E-state index in [0.29, 0.717) is 22.5 Å². The lowest BCUT2D eigenvalue weighted by molar-refractivity contribution is 0.102. The minimum Gasteiger partial charge on any atom is -0.397 e. The largest absolute Gasteiger partial charge is 0.397 e. The highest BCUT2D eigenvalue weighted by Gasteiger charge is 2.12. The van der Waals surface area contributed by atoms with Crippen LogP contribution in [-0.2, 0) is 0 Å². The van der Waals surface area contributed by atoms with Crippen molar-refractivity contribution < 1.29 is 9.18 Å². The molecule has 3 nitrogen and oxygen atoms in total. The highest BCUT2D eigenvalue weighted by atomic mass is 79.9. The monoisotopic (exact) mass is 336 g/mol. The predicted molar refractivity (Wildman–Crippen MR) is 82.4 cm³/mol. The quantitative estimate of drug-likeness (QED) is 0.813. The normalized spacial score (nSPS) is 10.4. The molecule has 104 valence electrons. The van der Waals surface area contributed by atoms with Gasteiger partial charge in [-0.2, -0.15) is 0 Å². The number of nitrogen functional groups attached to an aromatic ring is 1. The maximum absolute atomic E-state index is 13.2. The van der Waals surface area contributed by atoms with Gasteiger partial charge >= 0.3 is 0 Å². The molecular weight excluding hydrogens is 323 g/mol. The molecule has 0 heterocycles. The van der Waals surface area contributed by atoms with Crippen LogP contribution in [0.1, 0.15) is 21.5 Å². The van der Waals surface area contributed by atoms with Crippen molar-refractivity contribution in [3.05, 3.63) is 57.3 Å². The molecule has 3 N–H and O–H groups in total. The van der Waals surface area contributed by atoms with Gasteiger partial charge in [-0.15, -0.1) is 0 Å². The average Bonchev–Trinajstić information content (AvgIpc) is 2.36. The van der Waals surface area contributed by atoms with Crippen LogP contribution in [0, 0.1) is 19.7 Å². The van der Waals surface area contributed by atoms with E-state index in [1.165, 1.54) is 18.2 Å². The van der Waals surface area contributed by atoms with Gasteiger partial charge in [0, 0.05) is 10.0 Å². The molecule has 20 heavy (non-hydrogen) atoms. The molecule has 2 aromatic rings. The SMILES string of the molecule is Cc1cc(C(=O)Nc2c(C)cc(Br)cc2N)ccc1F. The number of amides is 1. The molecule has 0 aliphatic heterocycles. The van der Waals surface area contributed by atoms with Gasteiger partial charge in [0.25, 0.3) is 5.91 Å². The molecule has 0 fully saturated rings. The Morgan fingerprint density at radius 1 is 1.20 bits per heavy atom. The molecule has 0 radical (unpaired) electrons. The van der Waals surface area contributed by atoms with E-state index in [1.807, 2.05) is 13.0 Å². The van der Waals surface area contributed by atoms with Gasteiger partial charge in [0.05, 0.1) is 11.4 Å². The molecule has 2 rings (SSSR count). The van der Waals surface area contributed by atoms with Gasteiger partial charge < -0.3 is 11.1 Å². The van der Waals surface area contributed by atoms with E-state index in [9.17, 15) is 9.18 Å². The lowest BCUT2D eigenvalue weighted by Gasteiger charge is -2.12. The van der Waals surface area contributed by atoms with Gasteiger partial charge in [-0.3, -0.25) is 4.79 Å². The smallest absolute Gasteiger partial charge is 0.255 e. The minimum atomic E-state index is -0.333. The molecule has 0 atom stereocenters. The lowest BCUT2D eigenvalue weighted by atomic mass is 10.1. The summed E-state index contributed by atoms with van der Waals surface area (Å²) in [6.07, 6.45) is 0. The number of carbonyl (C=O) groups excluding carboxylic acids is 1. The Labute approximate surface area is 125 Å². The van der Waals surface area contributed by atoms with Gasteiger partial charge in [-0.1, -0.05) is 15.9 Å². The van der Waals surface area contributed by atoms with Gasteiger partial charge in [0.1, 0.15) is 5.82 Å². The van der Waals surface area contributed by atoms with E-state index >= 15 is 0 Å². The maximum Gasteiger partial charge on any atom is 0.255 e. The number of aryl methyl sites for hydroxylation is 2. The van der Waals surface area contributed by atoms with Crippen molar-refractivity contribution in [2.75, 3.05) is 11.1 Å². The molecule has 0 saturated carbocycles. The van der Waals surface area contributed by atoms with Gasteiger partial charge in [0.2, 0.25) is 0 Å². The van der Waals surface area contributed by atoms with Crippen LogP contribution in [0.5, 0.6) is 0 Å². The Morgan fingerprint density at radius 2 is 1.90 bits per heavy atom. The summed E-state index contributed by atoms with van der Waals surface area (Å²) >= 11 is 3.34. The molecule has 5 heteroatoms. The number of anilines is 2. The number of hydrogen-bond acceptors (Lipinski definition) is 2. The summed E-state index contributed by atoms with van der Waals surface area (Å²) in [7, 11) is 0. The third-order valence-electron chi connectivity index (χ3n) is 2.99. The maximum atomic E-state index is 13.2. The number of rotatable bonds is 2. The number of hydrogen-bond donors (Lipinski definition) is 2. The first-order chi connectivity index (χ1) is 9.38. The Bertz CT molecular complexity index is 663. The highest BCUT2D eigenvalue weighted by molar-refractivity contribution is 9.10. The standard InChI is InChI=1S/C15H14BrFN2O/c1-8-5-10(3-4-12(8)17)15(20)19-14-9(2)6-11(16)7-13(14)18/h3-7H,18H2,1-2H3,(H,19,20). The van der Waals surface area contributed by atoms with Crippen LogP contribution in [-0.4, -0.2) is 5.91 Å². The van der Waals surface area contributed by atoms with E-state index in [1.54, 1.807) is 13.0 Å². The zero-order chi connectivity index (χ0) is 14.9. The number of halogens is 2. The van der Waals surface area contributed by atoms with Crippen molar-refractivity contribution in [2.45, 2.75) is 13.8 Å². The van der Waals surface area contributed by atoms with Crippen molar-refractivity contribution >= 4 is 33.2 Å². The fraction of sp³-hybridized carbons (Fsp3) is 0.133. The third kappa shape index (κ3) is 2.99. The van der Waals surface area contributed by atoms with E-state index in [0.717, 1.165) is 10.0 Å². The Balaban J connectivity index is 2.30. The van der Waals surface area contributed by atoms with E-state index in [-0.39, 0.29) is 11.7 Å². The van der Waals surface area contributed by atoms with Gasteiger partial charge in [0.15, 0.2) is 0 Å². The van der Waals surface area contributed by atoms with Crippen LogP contribution in [0.3, 0.4) is 0 Å². The average molecular weight is 337 g/mol. The molecular formula is C15H14BrFN2O. The number of benzene rings is 2. The van der Waals surface area contributed by atoms with E-state index < -0.39 is 0 Å². The molecule has 0 bridgehead atoms. The topological polar surface area (TPSA) is 55.1 Å². The summed E-state index contributed by atoms with van der Waals surface area (Å²) in [6, 6.07) is 7.82. The van der Waals surface area contributed by atoms with Crippen LogP contribution in [0.15, 0.2) is 34.8 Å². The zero-order valence-electron chi connectivity index (χ0n) is 11.1. The lowest BCUT2D eigenvalue weighted by Crippen LogP contribution is -2.14. The number of carbonyl (C=O) groups is 1. The highest BCUT2D eigenvalue weighted by Crippen LogP contribution is 2.28. The number of nitrogens with one attached hydrogen (secondary N) is 1.